The molecule has 1 amide bonds. The molecular formula is C12H14BrNO2. The van der Waals surface area contributed by atoms with Gasteiger partial charge in [-0.15, -0.1) is 0 Å². The zero-order chi connectivity index (χ0) is 11.8. The van der Waals surface area contributed by atoms with Crippen LogP contribution < -0.4 is 0 Å². The molecule has 1 atom stereocenters. The van der Waals surface area contributed by atoms with Crippen LogP contribution in [-0.4, -0.2) is 24.6 Å². The molecule has 1 aromatic rings. The number of carbonyl (C=O) groups excluding carboxylic acids is 1. The molecule has 1 heterocycles. The first kappa shape index (κ1) is 11.5. The summed E-state index contributed by atoms with van der Waals surface area (Å²) in [6, 6.07) is 7.91. The van der Waals surface area contributed by atoms with Crippen molar-refractivity contribution in [3.05, 3.63) is 34.3 Å². The van der Waals surface area contributed by atoms with Gasteiger partial charge >= 0.3 is 6.09 Å². The van der Waals surface area contributed by atoms with Crippen molar-refractivity contribution >= 4 is 22.0 Å². The molecule has 1 saturated heterocycles. The number of nitrogens with zero attached hydrogens (tertiary/aromatic N) is 1. The largest absolute Gasteiger partial charge is 0.438 e. The Kier molecular flexibility index (Phi) is 2.93. The van der Waals surface area contributed by atoms with E-state index in [0.717, 1.165) is 23.0 Å². The number of halogens is 1. The van der Waals surface area contributed by atoms with E-state index in [2.05, 4.69) is 15.9 Å². The first-order valence-electron chi connectivity index (χ1n) is 5.21. The molecule has 1 unspecified atom stereocenters. The Morgan fingerprint density at radius 1 is 1.38 bits per heavy atom. The monoisotopic (exact) mass is 283 g/mol. The fourth-order valence-corrected chi connectivity index (χ4v) is 2.06. The summed E-state index contributed by atoms with van der Waals surface area (Å²) >= 11 is 3.39. The van der Waals surface area contributed by atoms with Gasteiger partial charge in [-0.2, -0.15) is 0 Å². The summed E-state index contributed by atoms with van der Waals surface area (Å²) in [5.41, 5.74) is 0.543. The second kappa shape index (κ2) is 4.09. The molecule has 0 aromatic heterocycles. The van der Waals surface area contributed by atoms with Gasteiger partial charge in [-0.05, 0) is 24.6 Å². The molecule has 0 aliphatic carbocycles. The topological polar surface area (TPSA) is 29.5 Å². The van der Waals surface area contributed by atoms with E-state index in [0.29, 0.717) is 0 Å². The Labute approximate surface area is 104 Å². The van der Waals surface area contributed by atoms with Crippen molar-refractivity contribution in [3.63, 3.8) is 0 Å². The van der Waals surface area contributed by atoms with Crippen LogP contribution in [0.5, 0.6) is 0 Å². The summed E-state index contributed by atoms with van der Waals surface area (Å²) in [6.07, 6.45) is 0.563. The smallest absolute Gasteiger partial charge is 0.410 e. The van der Waals surface area contributed by atoms with Crippen LogP contribution in [0, 0.1) is 0 Å². The van der Waals surface area contributed by atoms with Crippen LogP contribution in [0.25, 0.3) is 0 Å². The minimum absolute atomic E-state index is 0.253. The van der Waals surface area contributed by atoms with Crippen molar-refractivity contribution in [3.8, 4) is 0 Å². The molecule has 2 rings (SSSR count). The molecular weight excluding hydrogens is 270 g/mol. The third-order valence-electron chi connectivity index (χ3n) is 3.00. The van der Waals surface area contributed by atoms with E-state index in [1.54, 1.807) is 11.9 Å². The lowest BCUT2D eigenvalue weighted by Crippen LogP contribution is -2.44. The zero-order valence-corrected chi connectivity index (χ0v) is 11.0. The average Bonchev–Trinajstić information content (AvgIpc) is 2.25. The first-order chi connectivity index (χ1) is 7.51. The van der Waals surface area contributed by atoms with E-state index >= 15 is 0 Å². The molecule has 1 aromatic carbocycles. The second-order valence-electron chi connectivity index (χ2n) is 4.28. The molecule has 86 valence electrons. The summed E-state index contributed by atoms with van der Waals surface area (Å²) in [5.74, 6) is 0. The van der Waals surface area contributed by atoms with Gasteiger partial charge in [-0.3, -0.25) is 0 Å². The Morgan fingerprint density at radius 2 is 2.00 bits per heavy atom. The Bertz CT molecular complexity index is 404. The van der Waals surface area contributed by atoms with E-state index in [4.69, 9.17) is 4.74 Å². The summed E-state index contributed by atoms with van der Waals surface area (Å²) in [5, 5.41) is 0. The minimum atomic E-state index is -0.496. The predicted octanol–water partition coefficient (Wildman–Crippen LogP) is 3.14. The predicted molar refractivity (Wildman–Crippen MR) is 65.2 cm³/mol. The summed E-state index contributed by atoms with van der Waals surface area (Å²) in [6.45, 7) is 2.69. The van der Waals surface area contributed by atoms with E-state index in [-0.39, 0.29) is 6.09 Å². The highest BCUT2D eigenvalue weighted by molar-refractivity contribution is 9.10. The van der Waals surface area contributed by atoms with Gasteiger partial charge in [0.2, 0.25) is 0 Å². The number of benzene rings is 1. The van der Waals surface area contributed by atoms with Crippen LogP contribution in [0.15, 0.2) is 28.7 Å². The summed E-state index contributed by atoms with van der Waals surface area (Å²) < 4.78 is 6.51. The Hall–Kier alpha value is -1.03. The van der Waals surface area contributed by atoms with Crippen molar-refractivity contribution in [2.24, 2.45) is 0 Å². The van der Waals surface area contributed by atoms with Gasteiger partial charge in [0.05, 0.1) is 0 Å². The highest BCUT2D eigenvalue weighted by atomic mass is 79.9. The third kappa shape index (κ3) is 2.07. The molecule has 1 aliphatic heterocycles. The van der Waals surface area contributed by atoms with E-state index in [1.807, 2.05) is 31.2 Å². The van der Waals surface area contributed by atoms with Crippen LogP contribution in [0.1, 0.15) is 18.9 Å². The van der Waals surface area contributed by atoms with Crippen molar-refractivity contribution in [1.82, 2.24) is 4.90 Å². The van der Waals surface area contributed by atoms with Gasteiger partial charge in [0, 0.05) is 24.5 Å². The molecule has 0 radical (unpaired) electrons. The van der Waals surface area contributed by atoms with Crippen molar-refractivity contribution in [1.29, 1.82) is 0 Å². The Balaban J connectivity index is 2.25. The standard InChI is InChI=1S/C12H14BrNO2/c1-12(7-8-14(2)11(15)16-12)9-3-5-10(13)6-4-9/h3-6H,7-8H2,1-2H3. The highest BCUT2D eigenvalue weighted by Crippen LogP contribution is 2.33. The normalized spacial score (nSPS) is 25.4. The Morgan fingerprint density at radius 3 is 2.56 bits per heavy atom. The molecule has 0 spiro atoms. The fraction of sp³-hybridized carbons (Fsp3) is 0.417. The molecule has 16 heavy (non-hydrogen) atoms. The SMILES string of the molecule is CN1CCC(C)(c2ccc(Br)cc2)OC1=O. The third-order valence-corrected chi connectivity index (χ3v) is 3.53. The maximum Gasteiger partial charge on any atom is 0.410 e. The summed E-state index contributed by atoms with van der Waals surface area (Å²) in [4.78, 5) is 13.1. The van der Waals surface area contributed by atoms with Crippen LogP contribution in [0.3, 0.4) is 0 Å². The van der Waals surface area contributed by atoms with Crippen LogP contribution in [0.2, 0.25) is 0 Å². The maximum absolute atomic E-state index is 11.5. The maximum atomic E-state index is 11.5. The molecule has 3 nitrogen and oxygen atoms in total. The molecule has 4 heteroatoms. The molecule has 0 bridgehead atoms. The average molecular weight is 284 g/mol. The lowest BCUT2D eigenvalue weighted by atomic mass is 9.91. The number of hydrogen-bond donors (Lipinski definition) is 0. The van der Waals surface area contributed by atoms with Crippen LogP contribution in [-0.2, 0) is 10.3 Å². The van der Waals surface area contributed by atoms with E-state index in [9.17, 15) is 4.79 Å². The van der Waals surface area contributed by atoms with Crippen LogP contribution in [0.4, 0.5) is 4.79 Å². The number of amides is 1. The lowest BCUT2D eigenvalue weighted by molar-refractivity contribution is -0.0350. The number of rotatable bonds is 1. The molecule has 1 fully saturated rings. The first-order valence-corrected chi connectivity index (χ1v) is 6.01. The van der Waals surface area contributed by atoms with E-state index < -0.39 is 5.60 Å². The number of carbonyl (C=O) groups is 1. The van der Waals surface area contributed by atoms with Gasteiger partial charge in [0.1, 0.15) is 5.60 Å². The van der Waals surface area contributed by atoms with E-state index in [1.165, 1.54) is 0 Å². The van der Waals surface area contributed by atoms with Crippen molar-refractivity contribution in [2.75, 3.05) is 13.6 Å². The number of hydrogen-bond acceptors (Lipinski definition) is 2. The van der Waals surface area contributed by atoms with Gasteiger partial charge in [0.15, 0.2) is 0 Å². The second-order valence-corrected chi connectivity index (χ2v) is 5.19. The number of cyclic esters (lactones) is 1. The molecule has 0 N–H and O–H groups in total. The van der Waals surface area contributed by atoms with Crippen LogP contribution >= 0.6 is 15.9 Å². The number of ether oxygens (including phenoxy) is 1. The van der Waals surface area contributed by atoms with Gasteiger partial charge in [-0.1, -0.05) is 28.1 Å². The van der Waals surface area contributed by atoms with Gasteiger partial charge in [-0.25, -0.2) is 4.79 Å². The lowest BCUT2D eigenvalue weighted by Gasteiger charge is -2.37. The van der Waals surface area contributed by atoms with Crippen molar-refractivity contribution in [2.45, 2.75) is 18.9 Å². The highest BCUT2D eigenvalue weighted by Gasteiger charge is 2.36. The van der Waals surface area contributed by atoms with Gasteiger partial charge in [0.25, 0.3) is 0 Å². The molecule has 1 aliphatic rings. The fourth-order valence-electron chi connectivity index (χ4n) is 1.80. The van der Waals surface area contributed by atoms with Crippen molar-refractivity contribution < 1.29 is 9.53 Å². The minimum Gasteiger partial charge on any atom is -0.438 e. The quantitative estimate of drug-likeness (QED) is 0.793. The van der Waals surface area contributed by atoms with Gasteiger partial charge < -0.3 is 9.64 Å². The molecule has 0 saturated carbocycles. The summed E-state index contributed by atoms with van der Waals surface area (Å²) in [7, 11) is 1.75. The zero-order valence-electron chi connectivity index (χ0n) is 9.37.